The summed E-state index contributed by atoms with van der Waals surface area (Å²) in [6.07, 6.45) is 1.49. The average molecular weight is 264 g/mol. The van der Waals surface area contributed by atoms with Gasteiger partial charge in [-0.2, -0.15) is 0 Å². The fourth-order valence-electron chi connectivity index (χ4n) is 0.922. The van der Waals surface area contributed by atoms with Crippen LogP contribution >= 0.6 is 22.6 Å². The Morgan fingerprint density at radius 1 is 1.18 bits per heavy atom. The van der Waals surface area contributed by atoms with E-state index in [0.29, 0.717) is 6.42 Å². The van der Waals surface area contributed by atoms with Crippen molar-refractivity contribution in [3.05, 3.63) is 33.4 Å². The summed E-state index contributed by atoms with van der Waals surface area (Å²) in [5.41, 5.74) is 1.23. The topological polar surface area (TPSA) is 0 Å². The van der Waals surface area contributed by atoms with Gasteiger partial charge >= 0.3 is 0 Å². The summed E-state index contributed by atoms with van der Waals surface area (Å²) in [6.45, 7) is -0.216. The van der Waals surface area contributed by atoms with E-state index in [0.717, 1.165) is 6.42 Å². The summed E-state index contributed by atoms with van der Waals surface area (Å²) in [7, 11) is 0. The van der Waals surface area contributed by atoms with Crippen molar-refractivity contribution in [2.75, 3.05) is 6.67 Å². The van der Waals surface area contributed by atoms with E-state index in [1.165, 1.54) is 9.13 Å². The zero-order valence-corrected chi connectivity index (χ0v) is 8.34. The lowest BCUT2D eigenvalue weighted by molar-refractivity contribution is 0.473. The molecule has 0 N–H and O–H groups in total. The highest BCUT2D eigenvalue weighted by molar-refractivity contribution is 14.1. The monoisotopic (exact) mass is 264 g/mol. The van der Waals surface area contributed by atoms with Crippen LogP contribution in [0, 0.1) is 3.57 Å². The predicted octanol–water partition coefficient (Wildman–Crippen LogP) is 3.19. The van der Waals surface area contributed by atoms with Crippen LogP contribution in [0.15, 0.2) is 24.3 Å². The van der Waals surface area contributed by atoms with Crippen LogP contribution in [0.4, 0.5) is 4.39 Å². The number of rotatable bonds is 3. The molecule has 1 aromatic rings. The molecule has 0 fully saturated rings. The summed E-state index contributed by atoms with van der Waals surface area (Å²) >= 11 is 2.26. The van der Waals surface area contributed by atoms with E-state index in [4.69, 9.17) is 0 Å². The van der Waals surface area contributed by atoms with Crippen LogP contribution < -0.4 is 0 Å². The highest BCUT2D eigenvalue weighted by Crippen LogP contribution is 2.08. The first-order chi connectivity index (χ1) is 5.33. The average Bonchev–Trinajstić information content (AvgIpc) is 2.04. The van der Waals surface area contributed by atoms with Gasteiger partial charge in [0.05, 0.1) is 6.67 Å². The molecule has 1 aromatic carbocycles. The van der Waals surface area contributed by atoms with Crippen LogP contribution in [0.1, 0.15) is 12.0 Å². The molecule has 0 aliphatic carbocycles. The fourth-order valence-corrected chi connectivity index (χ4v) is 1.28. The molecule has 0 radical (unpaired) electrons. The maximum Gasteiger partial charge on any atom is 0.0897 e. The number of aryl methyl sites for hydroxylation is 1. The van der Waals surface area contributed by atoms with Crippen LogP contribution in [0.5, 0.6) is 0 Å². The zero-order chi connectivity index (χ0) is 8.10. The highest BCUT2D eigenvalue weighted by atomic mass is 127. The Balaban J connectivity index is 2.52. The summed E-state index contributed by atoms with van der Waals surface area (Å²) in [4.78, 5) is 0. The molecule has 60 valence electrons. The van der Waals surface area contributed by atoms with E-state index in [-0.39, 0.29) is 6.67 Å². The first-order valence-corrected chi connectivity index (χ1v) is 4.71. The lowest BCUT2D eigenvalue weighted by atomic mass is 10.1. The fraction of sp³-hybridized carbons (Fsp3) is 0.333. The molecule has 0 bridgehead atoms. The second kappa shape index (κ2) is 4.70. The van der Waals surface area contributed by atoms with E-state index in [1.54, 1.807) is 0 Å². The van der Waals surface area contributed by atoms with E-state index >= 15 is 0 Å². The lowest BCUT2D eigenvalue weighted by Gasteiger charge is -1.97. The lowest BCUT2D eigenvalue weighted by Crippen LogP contribution is -1.85. The van der Waals surface area contributed by atoms with Crippen LogP contribution in [0.2, 0.25) is 0 Å². The van der Waals surface area contributed by atoms with E-state index in [9.17, 15) is 4.39 Å². The molecule has 0 unspecified atom stereocenters. The number of halogens is 2. The standard InChI is InChI=1S/C9H10FI/c10-7-1-2-8-3-5-9(11)6-4-8/h3-6H,1-2,7H2. The number of alkyl halides is 1. The molecule has 0 atom stereocenters. The van der Waals surface area contributed by atoms with Gasteiger partial charge in [-0.3, -0.25) is 4.39 Å². The zero-order valence-electron chi connectivity index (χ0n) is 6.19. The highest BCUT2D eigenvalue weighted by Gasteiger charge is 1.91. The van der Waals surface area contributed by atoms with Gasteiger partial charge in [-0.1, -0.05) is 12.1 Å². The van der Waals surface area contributed by atoms with Gasteiger partial charge in [0.2, 0.25) is 0 Å². The molecule has 2 heteroatoms. The molecule has 0 nitrogen and oxygen atoms in total. The molecular weight excluding hydrogens is 254 g/mol. The molecule has 1 rings (SSSR count). The molecule has 0 aliphatic heterocycles. The van der Waals surface area contributed by atoms with Gasteiger partial charge in [-0.25, -0.2) is 0 Å². The quantitative estimate of drug-likeness (QED) is 0.735. The minimum atomic E-state index is -0.216. The molecule has 0 aromatic heterocycles. The van der Waals surface area contributed by atoms with Crippen molar-refractivity contribution < 1.29 is 4.39 Å². The van der Waals surface area contributed by atoms with Gasteiger partial charge in [0, 0.05) is 3.57 Å². The molecule has 0 saturated carbocycles. The molecule has 0 saturated heterocycles. The number of hydrogen-bond acceptors (Lipinski definition) is 0. The van der Waals surface area contributed by atoms with Crippen molar-refractivity contribution in [1.29, 1.82) is 0 Å². The number of hydrogen-bond donors (Lipinski definition) is 0. The van der Waals surface area contributed by atoms with Gasteiger partial charge in [-0.05, 0) is 53.1 Å². The maximum atomic E-state index is 11.8. The van der Waals surface area contributed by atoms with Crippen molar-refractivity contribution in [1.82, 2.24) is 0 Å². The Morgan fingerprint density at radius 2 is 1.82 bits per heavy atom. The van der Waals surface area contributed by atoms with Crippen molar-refractivity contribution >= 4 is 22.6 Å². The summed E-state index contributed by atoms with van der Waals surface area (Å²) in [5.74, 6) is 0. The Bertz CT molecular complexity index is 205. The van der Waals surface area contributed by atoms with Crippen LogP contribution in [0.3, 0.4) is 0 Å². The minimum Gasteiger partial charge on any atom is -0.251 e. The summed E-state index contributed by atoms with van der Waals surface area (Å²) in [5, 5.41) is 0. The smallest absolute Gasteiger partial charge is 0.0897 e. The molecule has 0 spiro atoms. The van der Waals surface area contributed by atoms with Crippen molar-refractivity contribution in [2.24, 2.45) is 0 Å². The molecule has 0 heterocycles. The van der Waals surface area contributed by atoms with Crippen LogP contribution in [-0.4, -0.2) is 6.67 Å². The summed E-state index contributed by atoms with van der Waals surface area (Å²) in [6, 6.07) is 8.21. The largest absolute Gasteiger partial charge is 0.251 e. The van der Waals surface area contributed by atoms with Crippen LogP contribution in [0.25, 0.3) is 0 Å². The molecule has 0 amide bonds. The van der Waals surface area contributed by atoms with E-state index in [2.05, 4.69) is 34.7 Å². The van der Waals surface area contributed by atoms with Gasteiger partial charge in [0.15, 0.2) is 0 Å². The summed E-state index contributed by atoms with van der Waals surface area (Å²) < 4.78 is 13.0. The first-order valence-electron chi connectivity index (χ1n) is 3.63. The normalized spacial score (nSPS) is 10.0. The Labute approximate surface area is 80.0 Å². The molecule has 0 aliphatic rings. The van der Waals surface area contributed by atoms with Crippen molar-refractivity contribution in [2.45, 2.75) is 12.8 Å². The molecular formula is C9H10FI. The van der Waals surface area contributed by atoms with Gasteiger partial charge < -0.3 is 0 Å². The number of benzene rings is 1. The second-order valence-corrected chi connectivity index (χ2v) is 3.66. The Hall–Kier alpha value is -0.120. The van der Waals surface area contributed by atoms with Crippen molar-refractivity contribution in [3.8, 4) is 0 Å². The van der Waals surface area contributed by atoms with Gasteiger partial charge in [-0.15, -0.1) is 0 Å². The molecule has 11 heavy (non-hydrogen) atoms. The third-order valence-electron chi connectivity index (χ3n) is 1.51. The van der Waals surface area contributed by atoms with E-state index < -0.39 is 0 Å². The SMILES string of the molecule is FCCCc1ccc(I)cc1. The second-order valence-electron chi connectivity index (χ2n) is 2.42. The van der Waals surface area contributed by atoms with Gasteiger partial charge in [0.1, 0.15) is 0 Å². The third-order valence-corrected chi connectivity index (χ3v) is 2.23. The minimum absolute atomic E-state index is 0.216. The van der Waals surface area contributed by atoms with E-state index in [1.807, 2.05) is 12.1 Å². The first kappa shape index (κ1) is 8.97. The Kier molecular flexibility index (Phi) is 3.83. The van der Waals surface area contributed by atoms with Crippen LogP contribution in [-0.2, 0) is 6.42 Å². The maximum absolute atomic E-state index is 11.8. The predicted molar refractivity (Wildman–Crippen MR) is 53.5 cm³/mol. The Morgan fingerprint density at radius 3 is 2.36 bits per heavy atom. The van der Waals surface area contributed by atoms with Gasteiger partial charge in [0.25, 0.3) is 0 Å². The third kappa shape index (κ3) is 3.18. The van der Waals surface area contributed by atoms with Crippen molar-refractivity contribution in [3.63, 3.8) is 0 Å².